The second kappa shape index (κ2) is 48.6. The van der Waals surface area contributed by atoms with E-state index in [2.05, 4.69) is 31.3 Å². The molecule has 1 aliphatic heterocycles. The molecular weight excluding hydrogens is 839 g/mol. The number of nitrogens with one attached hydrogen (secondary N) is 1. The normalized spacial score (nSPS) is 19.7. The molecule has 0 saturated carbocycles. The molecule has 0 radical (unpaired) electrons. The molecule has 0 spiro atoms. The van der Waals surface area contributed by atoms with Crippen LogP contribution in [0.15, 0.2) is 12.2 Å². The van der Waals surface area contributed by atoms with Gasteiger partial charge < -0.3 is 40.3 Å². The van der Waals surface area contributed by atoms with Gasteiger partial charge in [-0.15, -0.1) is 0 Å². The number of aliphatic hydroxyl groups is 5. The van der Waals surface area contributed by atoms with Gasteiger partial charge in [-0.2, -0.15) is 0 Å². The van der Waals surface area contributed by atoms with Gasteiger partial charge in [0.2, 0.25) is 5.91 Å². The molecule has 0 aliphatic carbocycles. The number of allylic oxidation sites excluding steroid dienone is 2. The topological polar surface area (TPSA) is 149 Å². The fraction of sp³-hybridized carbons (Fsp3) is 0.948. The number of amides is 1. The first kappa shape index (κ1) is 63.9. The third kappa shape index (κ3) is 38.3. The Morgan fingerprint density at radius 1 is 0.493 bits per heavy atom. The zero-order chi connectivity index (χ0) is 48.7. The van der Waals surface area contributed by atoms with Gasteiger partial charge in [0.05, 0.1) is 25.4 Å². The molecule has 1 heterocycles. The van der Waals surface area contributed by atoms with Gasteiger partial charge in [0.1, 0.15) is 24.4 Å². The summed E-state index contributed by atoms with van der Waals surface area (Å²) in [6.45, 7) is 3.87. The predicted octanol–water partition coefficient (Wildman–Crippen LogP) is 14.4. The summed E-state index contributed by atoms with van der Waals surface area (Å²) in [5, 5.41) is 54.7. The molecule has 0 aromatic carbocycles. The summed E-state index contributed by atoms with van der Waals surface area (Å²) in [6.07, 6.45) is 52.4. The summed E-state index contributed by atoms with van der Waals surface area (Å²) in [4.78, 5) is 13.1. The average molecular weight is 953 g/mol. The molecular formula is C58H113NO8. The number of unbranched alkanes of at least 4 members (excludes halogenated alkanes) is 39. The Labute approximate surface area is 414 Å². The monoisotopic (exact) mass is 952 g/mol. The van der Waals surface area contributed by atoms with E-state index < -0.39 is 49.5 Å². The van der Waals surface area contributed by atoms with Crippen LogP contribution in [-0.4, -0.2) is 87.5 Å². The van der Waals surface area contributed by atoms with Crippen molar-refractivity contribution in [3.63, 3.8) is 0 Å². The minimum absolute atomic E-state index is 0.136. The summed E-state index contributed by atoms with van der Waals surface area (Å²) in [7, 11) is 0. The van der Waals surface area contributed by atoms with Gasteiger partial charge in [0, 0.05) is 6.42 Å². The van der Waals surface area contributed by atoms with Crippen molar-refractivity contribution < 1.29 is 39.8 Å². The highest BCUT2D eigenvalue weighted by atomic mass is 16.7. The third-order valence-corrected chi connectivity index (χ3v) is 14.4. The Balaban J connectivity index is 2.17. The lowest BCUT2D eigenvalue weighted by atomic mass is 9.99. The predicted molar refractivity (Wildman–Crippen MR) is 281 cm³/mol. The van der Waals surface area contributed by atoms with Crippen LogP contribution in [-0.2, 0) is 14.3 Å². The second-order valence-corrected chi connectivity index (χ2v) is 20.8. The van der Waals surface area contributed by atoms with Gasteiger partial charge in [-0.3, -0.25) is 4.79 Å². The van der Waals surface area contributed by atoms with Crippen molar-refractivity contribution in [2.75, 3.05) is 13.2 Å². The summed E-state index contributed by atoms with van der Waals surface area (Å²) >= 11 is 0. The van der Waals surface area contributed by atoms with Crippen molar-refractivity contribution in [2.24, 2.45) is 0 Å². The Kier molecular flexibility index (Phi) is 46.3. The van der Waals surface area contributed by atoms with Crippen molar-refractivity contribution in [2.45, 2.75) is 339 Å². The van der Waals surface area contributed by atoms with Crippen LogP contribution in [0.2, 0.25) is 0 Å². The molecule has 1 fully saturated rings. The molecule has 1 rings (SSSR count). The Hall–Kier alpha value is -1.07. The van der Waals surface area contributed by atoms with Gasteiger partial charge in [-0.05, 0) is 38.5 Å². The number of carbonyl (C=O) groups excluding carboxylic acids is 1. The molecule has 0 aromatic rings. The standard InChI is InChI=1S/C58H113NO8/c1-3-5-7-9-11-13-15-17-19-21-22-23-24-25-26-27-28-29-30-32-33-35-37-39-41-43-45-47-52(61)51(50-66-58-57(65)56(64)55(63)53(49-60)67-58)59-54(62)48-46-44-42-40-38-36-34-31-20-18-16-14-12-10-8-6-4-2/h18,20,51-53,55-58,60-61,63-65H,3-17,19,21-50H2,1-2H3,(H,59,62)/b20-18-. The highest BCUT2D eigenvalue weighted by molar-refractivity contribution is 5.76. The van der Waals surface area contributed by atoms with Crippen molar-refractivity contribution in [1.82, 2.24) is 5.32 Å². The van der Waals surface area contributed by atoms with E-state index in [9.17, 15) is 30.3 Å². The molecule has 1 saturated heterocycles. The van der Waals surface area contributed by atoms with E-state index in [1.165, 1.54) is 231 Å². The van der Waals surface area contributed by atoms with Gasteiger partial charge in [0.25, 0.3) is 0 Å². The van der Waals surface area contributed by atoms with Gasteiger partial charge in [0.15, 0.2) is 6.29 Å². The van der Waals surface area contributed by atoms with Gasteiger partial charge in [-0.1, -0.05) is 264 Å². The number of hydrogen-bond donors (Lipinski definition) is 6. The van der Waals surface area contributed by atoms with Crippen LogP contribution in [0.1, 0.15) is 296 Å². The lowest BCUT2D eigenvalue weighted by Gasteiger charge is -2.40. The van der Waals surface area contributed by atoms with Crippen LogP contribution < -0.4 is 5.32 Å². The lowest BCUT2D eigenvalue weighted by molar-refractivity contribution is -0.302. The van der Waals surface area contributed by atoms with Crippen LogP contribution in [0, 0.1) is 0 Å². The van der Waals surface area contributed by atoms with Crippen LogP contribution in [0.25, 0.3) is 0 Å². The van der Waals surface area contributed by atoms with E-state index >= 15 is 0 Å². The molecule has 67 heavy (non-hydrogen) atoms. The maximum atomic E-state index is 13.1. The zero-order valence-corrected chi connectivity index (χ0v) is 44.2. The maximum absolute atomic E-state index is 13.1. The molecule has 0 bridgehead atoms. The first-order valence-corrected chi connectivity index (χ1v) is 29.4. The zero-order valence-electron chi connectivity index (χ0n) is 44.2. The molecule has 398 valence electrons. The number of aliphatic hydroxyl groups excluding tert-OH is 5. The molecule has 0 aromatic heterocycles. The molecule has 9 heteroatoms. The summed E-state index contributed by atoms with van der Waals surface area (Å²) in [5.41, 5.74) is 0. The largest absolute Gasteiger partial charge is 0.394 e. The Morgan fingerprint density at radius 3 is 1.21 bits per heavy atom. The van der Waals surface area contributed by atoms with E-state index in [1.807, 2.05) is 0 Å². The van der Waals surface area contributed by atoms with Gasteiger partial charge >= 0.3 is 0 Å². The van der Waals surface area contributed by atoms with Gasteiger partial charge in [-0.25, -0.2) is 0 Å². The summed E-state index contributed by atoms with van der Waals surface area (Å²) in [6, 6.07) is -0.719. The smallest absolute Gasteiger partial charge is 0.220 e. The molecule has 7 atom stereocenters. The van der Waals surface area contributed by atoms with Crippen LogP contribution in [0.4, 0.5) is 0 Å². The van der Waals surface area contributed by atoms with Crippen molar-refractivity contribution in [1.29, 1.82) is 0 Å². The van der Waals surface area contributed by atoms with Crippen molar-refractivity contribution >= 4 is 5.91 Å². The van der Waals surface area contributed by atoms with E-state index in [-0.39, 0.29) is 12.5 Å². The van der Waals surface area contributed by atoms with Crippen LogP contribution in [0.3, 0.4) is 0 Å². The third-order valence-electron chi connectivity index (χ3n) is 14.4. The maximum Gasteiger partial charge on any atom is 0.220 e. The molecule has 1 aliphatic rings. The first-order chi connectivity index (χ1) is 32.8. The Morgan fingerprint density at radius 2 is 0.836 bits per heavy atom. The number of rotatable bonds is 51. The number of hydrogen-bond acceptors (Lipinski definition) is 8. The minimum Gasteiger partial charge on any atom is -0.394 e. The minimum atomic E-state index is -1.55. The molecule has 9 nitrogen and oxygen atoms in total. The molecule has 6 N–H and O–H groups in total. The molecule has 1 amide bonds. The van der Waals surface area contributed by atoms with E-state index in [0.717, 1.165) is 38.5 Å². The highest BCUT2D eigenvalue weighted by Crippen LogP contribution is 2.23. The van der Waals surface area contributed by atoms with Crippen molar-refractivity contribution in [3.05, 3.63) is 12.2 Å². The van der Waals surface area contributed by atoms with E-state index in [1.54, 1.807) is 0 Å². The number of carbonyl (C=O) groups is 1. The lowest BCUT2D eigenvalue weighted by Crippen LogP contribution is -2.60. The number of ether oxygens (including phenoxy) is 2. The first-order valence-electron chi connectivity index (χ1n) is 29.4. The summed E-state index contributed by atoms with van der Waals surface area (Å²) in [5.74, 6) is -0.144. The second-order valence-electron chi connectivity index (χ2n) is 20.8. The van der Waals surface area contributed by atoms with Crippen LogP contribution >= 0.6 is 0 Å². The SMILES string of the molecule is CCCCCCCC/C=C\CCCCCCCCCC(=O)NC(COC1OC(CO)C(O)C(O)C1O)C(O)CCCCCCCCCCCCCCCCCCCCCCCCCCCCC. The average Bonchev–Trinajstić information content (AvgIpc) is 3.33. The fourth-order valence-corrected chi connectivity index (χ4v) is 9.69. The Bertz CT molecular complexity index is 1060. The fourth-order valence-electron chi connectivity index (χ4n) is 9.69. The van der Waals surface area contributed by atoms with E-state index in [4.69, 9.17) is 9.47 Å². The molecule has 7 unspecified atom stereocenters. The van der Waals surface area contributed by atoms with Crippen LogP contribution in [0.5, 0.6) is 0 Å². The summed E-state index contributed by atoms with van der Waals surface area (Å²) < 4.78 is 11.3. The quantitative estimate of drug-likeness (QED) is 0.0261. The van der Waals surface area contributed by atoms with E-state index in [0.29, 0.717) is 12.8 Å². The van der Waals surface area contributed by atoms with Crippen molar-refractivity contribution in [3.8, 4) is 0 Å². The highest BCUT2D eigenvalue weighted by Gasteiger charge is 2.44.